The lowest BCUT2D eigenvalue weighted by atomic mass is 9.68. The maximum atomic E-state index is 14.1. The predicted molar refractivity (Wildman–Crippen MR) is 143 cm³/mol. The van der Waals surface area contributed by atoms with E-state index in [9.17, 15) is 9.59 Å². The molecule has 2 aliphatic rings. The van der Waals surface area contributed by atoms with Gasteiger partial charge >= 0.3 is 0 Å². The van der Waals surface area contributed by atoms with Gasteiger partial charge in [0.25, 0.3) is 0 Å². The lowest BCUT2D eigenvalue weighted by Crippen LogP contribution is -2.56. The maximum Gasteiger partial charge on any atom is 0.242 e. The van der Waals surface area contributed by atoms with Crippen LogP contribution in [0.25, 0.3) is 0 Å². The van der Waals surface area contributed by atoms with Gasteiger partial charge in [0.05, 0.1) is 12.0 Å². The highest BCUT2D eigenvalue weighted by Gasteiger charge is 2.47. The van der Waals surface area contributed by atoms with Gasteiger partial charge in [0.2, 0.25) is 11.8 Å². The normalized spacial score (nSPS) is 18.3. The number of hydrogen-bond donors (Lipinski definition) is 0. The lowest BCUT2D eigenvalue weighted by molar-refractivity contribution is -0.146. The van der Waals surface area contributed by atoms with Gasteiger partial charge in [-0.25, -0.2) is 0 Å². The smallest absolute Gasteiger partial charge is 0.242 e. The van der Waals surface area contributed by atoms with E-state index in [2.05, 4.69) is 11.0 Å². The molecule has 5 nitrogen and oxygen atoms in total. The number of rotatable bonds is 6. The molecule has 2 amide bonds. The van der Waals surface area contributed by atoms with E-state index < -0.39 is 5.41 Å². The Balaban J connectivity index is 1.26. The molecule has 2 heterocycles. The molecule has 36 heavy (non-hydrogen) atoms. The Morgan fingerprint density at radius 2 is 1.44 bits per heavy atom. The number of carbonyl (C=O) groups is 2. The van der Waals surface area contributed by atoms with Crippen LogP contribution < -0.4 is 0 Å². The van der Waals surface area contributed by atoms with Crippen LogP contribution in [-0.4, -0.2) is 65.8 Å². The summed E-state index contributed by atoms with van der Waals surface area (Å²) >= 11 is 6.13. The van der Waals surface area contributed by atoms with Gasteiger partial charge in [-0.2, -0.15) is 0 Å². The van der Waals surface area contributed by atoms with E-state index in [-0.39, 0.29) is 18.4 Å². The molecule has 5 rings (SSSR count). The molecular weight excluding hydrogens is 470 g/mol. The summed E-state index contributed by atoms with van der Waals surface area (Å²) in [6, 6.07) is 28.0. The summed E-state index contributed by atoms with van der Waals surface area (Å²) in [5.41, 5.74) is 2.41. The fourth-order valence-corrected chi connectivity index (χ4v) is 5.84. The van der Waals surface area contributed by atoms with Crippen LogP contribution >= 0.6 is 11.6 Å². The minimum Gasteiger partial charge on any atom is -0.339 e. The molecule has 0 unspecified atom stereocenters. The Bertz CT molecular complexity index is 1150. The topological polar surface area (TPSA) is 43.9 Å². The van der Waals surface area contributed by atoms with Crippen LogP contribution in [0, 0.1) is 0 Å². The summed E-state index contributed by atoms with van der Waals surface area (Å²) in [7, 11) is 0. The molecule has 0 atom stereocenters. The number of likely N-dealkylation sites (tertiary alicyclic amines) is 1. The third-order valence-corrected chi connectivity index (χ3v) is 7.75. The monoisotopic (exact) mass is 501 g/mol. The number of amides is 2. The van der Waals surface area contributed by atoms with Crippen molar-refractivity contribution >= 4 is 23.4 Å². The first kappa shape index (κ1) is 24.5. The molecule has 2 aliphatic heterocycles. The molecule has 0 aliphatic carbocycles. The van der Waals surface area contributed by atoms with E-state index in [1.807, 2.05) is 83.8 Å². The summed E-state index contributed by atoms with van der Waals surface area (Å²) in [6.07, 6.45) is 1.60. The molecule has 0 bridgehead atoms. The summed E-state index contributed by atoms with van der Waals surface area (Å²) in [5, 5.41) is 0.745. The quantitative estimate of drug-likeness (QED) is 0.496. The first-order valence-electron chi connectivity index (χ1n) is 12.7. The molecule has 3 aromatic rings. The Kier molecular flexibility index (Phi) is 7.40. The molecule has 2 saturated heterocycles. The summed E-state index contributed by atoms with van der Waals surface area (Å²) < 4.78 is 0. The first-order valence-corrected chi connectivity index (χ1v) is 13.1. The Hall–Kier alpha value is -3.15. The van der Waals surface area contributed by atoms with Gasteiger partial charge in [-0.05, 0) is 41.7 Å². The highest BCUT2D eigenvalue weighted by molar-refractivity contribution is 6.30. The predicted octanol–water partition coefficient (Wildman–Crippen LogP) is 4.59. The number of benzene rings is 3. The second kappa shape index (κ2) is 10.9. The van der Waals surface area contributed by atoms with Crippen LogP contribution in [0.5, 0.6) is 0 Å². The van der Waals surface area contributed by atoms with Crippen molar-refractivity contribution in [1.82, 2.24) is 14.7 Å². The zero-order valence-corrected chi connectivity index (χ0v) is 21.2. The SMILES string of the molecule is O=C(CN1CCCC(c2ccccc2)(c2ccccc2)C1=O)N1CCN(Cc2cccc(Cl)c2)CC1. The molecule has 0 saturated carbocycles. The largest absolute Gasteiger partial charge is 0.339 e. The summed E-state index contributed by atoms with van der Waals surface area (Å²) in [5.74, 6) is 0.0572. The highest BCUT2D eigenvalue weighted by atomic mass is 35.5. The summed E-state index contributed by atoms with van der Waals surface area (Å²) in [4.78, 5) is 33.4. The van der Waals surface area contributed by atoms with Gasteiger partial charge in [0, 0.05) is 44.3 Å². The lowest BCUT2D eigenvalue weighted by Gasteiger charge is -2.43. The van der Waals surface area contributed by atoms with E-state index in [4.69, 9.17) is 11.6 Å². The average Bonchev–Trinajstić information content (AvgIpc) is 2.91. The molecule has 0 N–H and O–H groups in total. The fraction of sp³-hybridized carbons (Fsp3) is 0.333. The van der Waals surface area contributed by atoms with Crippen LogP contribution in [0.3, 0.4) is 0 Å². The van der Waals surface area contributed by atoms with Gasteiger partial charge in [-0.15, -0.1) is 0 Å². The van der Waals surface area contributed by atoms with Gasteiger partial charge in [-0.1, -0.05) is 84.4 Å². The molecule has 6 heteroatoms. The van der Waals surface area contributed by atoms with Crippen LogP contribution in [0.4, 0.5) is 0 Å². The number of carbonyl (C=O) groups excluding carboxylic acids is 2. The Morgan fingerprint density at radius 3 is 2.06 bits per heavy atom. The van der Waals surface area contributed by atoms with Gasteiger partial charge in [0.1, 0.15) is 0 Å². The minimum absolute atomic E-state index is 0.0269. The van der Waals surface area contributed by atoms with Crippen molar-refractivity contribution in [2.75, 3.05) is 39.3 Å². The second-order valence-electron chi connectivity index (χ2n) is 9.75. The van der Waals surface area contributed by atoms with Crippen molar-refractivity contribution in [1.29, 1.82) is 0 Å². The molecule has 0 radical (unpaired) electrons. The van der Waals surface area contributed by atoms with Crippen LogP contribution in [-0.2, 0) is 21.5 Å². The van der Waals surface area contributed by atoms with Gasteiger partial charge in [0.15, 0.2) is 0 Å². The van der Waals surface area contributed by atoms with Crippen molar-refractivity contribution in [2.45, 2.75) is 24.8 Å². The maximum absolute atomic E-state index is 14.1. The van der Waals surface area contributed by atoms with Crippen molar-refractivity contribution < 1.29 is 9.59 Å². The van der Waals surface area contributed by atoms with Crippen molar-refractivity contribution in [3.05, 3.63) is 107 Å². The number of nitrogens with zero attached hydrogens (tertiary/aromatic N) is 3. The van der Waals surface area contributed by atoms with Crippen molar-refractivity contribution in [3.8, 4) is 0 Å². The minimum atomic E-state index is -0.753. The van der Waals surface area contributed by atoms with E-state index in [1.54, 1.807) is 4.90 Å². The van der Waals surface area contributed by atoms with Crippen molar-refractivity contribution in [2.24, 2.45) is 0 Å². The third-order valence-electron chi connectivity index (χ3n) is 7.51. The standard InChI is InChI=1S/C30H32ClN3O2/c31-27-14-7-9-24(21-27)22-32-17-19-33(20-18-32)28(35)23-34-16-8-15-30(29(34)36,25-10-3-1-4-11-25)26-12-5-2-6-13-26/h1-7,9-14,21H,8,15-20,22-23H2. The molecular formula is C30H32ClN3O2. The molecule has 186 valence electrons. The summed E-state index contributed by atoms with van der Waals surface area (Å²) in [6.45, 7) is 4.53. The molecule has 0 aromatic heterocycles. The van der Waals surface area contributed by atoms with Crippen molar-refractivity contribution in [3.63, 3.8) is 0 Å². The fourth-order valence-electron chi connectivity index (χ4n) is 5.62. The van der Waals surface area contributed by atoms with Crippen LogP contribution in [0.15, 0.2) is 84.9 Å². The highest BCUT2D eigenvalue weighted by Crippen LogP contribution is 2.41. The number of piperidine rings is 1. The molecule has 0 spiro atoms. The molecule has 3 aromatic carbocycles. The van der Waals surface area contributed by atoms with E-state index in [0.29, 0.717) is 19.6 Å². The van der Waals surface area contributed by atoms with Gasteiger partial charge in [-0.3, -0.25) is 14.5 Å². The van der Waals surface area contributed by atoms with Crippen LogP contribution in [0.1, 0.15) is 29.5 Å². The Labute approximate surface area is 218 Å². The number of piperazine rings is 1. The zero-order chi connectivity index (χ0) is 25.0. The van der Waals surface area contributed by atoms with Gasteiger partial charge < -0.3 is 9.80 Å². The van der Waals surface area contributed by atoms with E-state index in [0.717, 1.165) is 48.6 Å². The second-order valence-corrected chi connectivity index (χ2v) is 10.2. The third kappa shape index (κ3) is 5.04. The Morgan fingerprint density at radius 1 is 0.806 bits per heavy atom. The first-order chi connectivity index (χ1) is 17.6. The average molecular weight is 502 g/mol. The van der Waals surface area contributed by atoms with E-state index >= 15 is 0 Å². The number of halogens is 1. The molecule has 2 fully saturated rings. The number of hydrogen-bond acceptors (Lipinski definition) is 3. The van der Waals surface area contributed by atoms with Crippen LogP contribution in [0.2, 0.25) is 5.02 Å². The van der Waals surface area contributed by atoms with E-state index in [1.165, 1.54) is 5.56 Å². The zero-order valence-electron chi connectivity index (χ0n) is 20.5.